The van der Waals surface area contributed by atoms with E-state index in [0.717, 1.165) is 5.56 Å². The van der Waals surface area contributed by atoms with Crippen molar-refractivity contribution in [1.29, 1.82) is 0 Å². The summed E-state index contributed by atoms with van der Waals surface area (Å²) in [5.41, 5.74) is 8.28. The molecule has 0 atom stereocenters. The number of hydrogen-bond acceptors (Lipinski definition) is 5. The Labute approximate surface area is 149 Å². The zero-order chi connectivity index (χ0) is 17.9. The van der Waals surface area contributed by atoms with Gasteiger partial charge >= 0.3 is 0 Å². The maximum Gasteiger partial charge on any atom is 0.257 e. The van der Waals surface area contributed by atoms with Crippen molar-refractivity contribution >= 4 is 33.2 Å². The maximum absolute atomic E-state index is 12.7. The Balaban J connectivity index is 2.48. The third kappa shape index (κ3) is 3.26. The van der Waals surface area contributed by atoms with Gasteiger partial charge in [-0.15, -0.1) is 0 Å². The molecule has 3 N–H and O–H groups in total. The minimum Gasteiger partial charge on any atom is -0.493 e. The van der Waals surface area contributed by atoms with E-state index in [9.17, 15) is 4.79 Å². The molecular formula is C17H19BrN2O4. The molecule has 2 aromatic rings. The number of carbonyl (C=O) groups is 1. The molecule has 0 radical (unpaired) electrons. The van der Waals surface area contributed by atoms with Crippen molar-refractivity contribution in [2.75, 3.05) is 32.4 Å². The molecule has 0 fully saturated rings. The van der Waals surface area contributed by atoms with Crippen LogP contribution in [0.5, 0.6) is 17.2 Å². The lowest BCUT2D eigenvalue weighted by molar-refractivity contribution is 0.102. The molecule has 2 rings (SSSR count). The Morgan fingerprint density at radius 3 is 2.38 bits per heavy atom. The minimum atomic E-state index is -0.324. The summed E-state index contributed by atoms with van der Waals surface area (Å²) in [6.07, 6.45) is 0. The van der Waals surface area contributed by atoms with Crippen LogP contribution in [0.1, 0.15) is 15.9 Å². The van der Waals surface area contributed by atoms with Crippen LogP contribution in [0.15, 0.2) is 28.7 Å². The van der Waals surface area contributed by atoms with Crippen LogP contribution in [0.25, 0.3) is 0 Å². The van der Waals surface area contributed by atoms with Crippen molar-refractivity contribution in [3.8, 4) is 17.2 Å². The first-order valence-corrected chi connectivity index (χ1v) is 7.88. The molecule has 0 aromatic heterocycles. The quantitative estimate of drug-likeness (QED) is 0.756. The van der Waals surface area contributed by atoms with Gasteiger partial charge in [-0.05, 0) is 46.6 Å². The number of hydrogen-bond donors (Lipinski definition) is 2. The highest BCUT2D eigenvalue weighted by molar-refractivity contribution is 9.10. The number of carbonyl (C=O) groups excluding carboxylic acids is 1. The molecule has 0 aliphatic rings. The Bertz CT molecular complexity index is 778. The van der Waals surface area contributed by atoms with Crippen molar-refractivity contribution < 1.29 is 19.0 Å². The molecule has 0 aliphatic carbocycles. The first-order chi connectivity index (χ1) is 11.4. The average molecular weight is 395 g/mol. The summed E-state index contributed by atoms with van der Waals surface area (Å²) in [4.78, 5) is 12.7. The molecule has 1 amide bonds. The van der Waals surface area contributed by atoms with Gasteiger partial charge in [-0.2, -0.15) is 0 Å². The molecule has 0 bridgehead atoms. The SMILES string of the molecule is COc1cc(C(=O)Nc2cccc(N)c2C)c(Br)c(OC)c1OC. The molecule has 0 saturated heterocycles. The van der Waals surface area contributed by atoms with Crippen LogP contribution >= 0.6 is 15.9 Å². The predicted octanol–water partition coefficient (Wildman–Crippen LogP) is 3.62. The highest BCUT2D eigenvalue weighted by Crippen LogP contribution is 2.44. The second-order valence-corrected chi connectivity index (χ2v) is 5.77. The first kappa shape index (κ1) is 17.9. The fourth-order valence-corrected chi connectivity index (χ4v) is 2.90. The van der Waals surface area contributed by atoms with Crippen LogP contribution in [0.4, 0.5) is 11.4 Å². The van der Waals surface area contributed by atoms with Crippen LogP contribution in [0.3, 0.4) is 0 Å². The van der Waals surface area contributed by atoms with Crippen molar-refractivity contribution in [1.82, 2.24) is 0 Å². The van der Waals surface area contributed by atoms with Crippen molar-refractivity contribution in [3.05, 3.63) is 39.9 Å². The first-order valence-electron chi connectivity index (χ1n) is 7.09. The molecule has 24 heavy (non-hydrogen) atoms. The van der Waals surface area contributed by atoms with E-state index in [1.807, 2.05) is 6.92 Å². The molecule has 2 aromatic carbocycles. The summed E-state index contributed by atoms with van der Waals surface area (Å²) < 4.78 is 16.4. The van der Waals surface area contributed by atoms with Gasteiger partial charge in [-0.1, -0.05) is 6.07 Å². The number of nitrogens with two attached hydrogens (primary N) is 1. The number of nitrogen functional groups attached to an aromatic ring is 1. The number of methoxy groups -OCH3 is 3. The Morgan fingerprint density at radius 2 is 1.79 bits per heavy atom. The molecule has 7 heteroatoms. The number of anilines is 2. The lowest BCUT2D eigenvalue weighted by atomic mass is 10.1. The second kappa shape index (κ2) is 7.44. The van der Waals surface area contributed by atoms with E-state index in [2.05, 4.69) is 21.2 Å². The lowest BCUT2D eigenvalue weighted by Crippen LogP contribution is -2.15. The van der Waals surface area contributed by atoms with Gasteiger partial charge in [-0.3, -0.25) is 4.79 Å². The van der Waals surface area contributed by atoms with Gasteiger partial charge in [0.25, 0.3) is 5.91 Å². The molecule has 6 nitrogen and oxygen atoms in total. The molecule has 128 valence electrons. The van der Waals surface area contributed by atoms with E-state index in [0.29, 0.717) is 38.7 Å². The molecular weight excluding hydrogens is 376 g/mol. The highest BCUT2D eigenvalue weighted by atomic mass is 79.9. The van der Waals surface area contributed by atoms with E-state index in [1.165, 1.54) is 21.3 Å². The van der Waals surface area contributed by atoms with Crippen LogP contribution in [-0.4, -0.2) is 27.2 Å². The zero-order valence-electron chi connectivity index (χ0n) is 13.9. The maximum atomic E-state index is 12.7. The fraction of sp³-hybridized carbons (Fsp3) is 0.235. The minimum absolute atomic E-state index is 0.324. The molecule has 0 saturated carbocycles. The van der Waals surface area contributed by atoms with Crippen LogP contribution < -0.4 is 25.3 Å². The number of nitrogens with one attached hydrogen (secondary N) is 1. The van der Waals surface area contributed by atoms with Crippen LogP contribution in [0, 0.1) is 6.92 Å². The van der Waals surface area contributed by atoms with Gasteiger partial charge < -0.3 is 25.3 Å². The summed E-state index contributed by atoms with van der Waals surface area (Å²) in [7, 11) is 4.49. The fourth-order valence-electron chi connectivity index (χ4n) is 2.26. The molecule has 0 spiro atoms. The Kier molecular flexibility index (Phi) is 5.56. The largest absolute Gasteiger partial charge is 0.493 e. The van der Waals surface area contributed by atoms with E-state index in [-0.39, 0.29) is 5.91 Å². The van der Waals surface area contributed by atoms with Crippen molar-refractivity contribution in [2.24, 2.45) is 0 Å². The van der Waals surface area contributed by atoms with E-state index < -0.39 is 0 Å². The van der Waals surface area contributed by atoms with Gasteiger partial charge in [0, 0.05) is 11.4 Å². The van der Waals surface area contributed by atoms with Crippen molar-refractivity contribution in [3.63, 3.8) is 0 Å². The van der Waals surface area contributed by atoms with Gasteiger partial charge in [0.15, 0.2) is 11.5 Å². The third-order valence-electron chi connectivity index (χ3n) is 3.64. The van der Waals surface area contributed by atoms with Gasteiger partial charge in [0.1, 0.15) is 0 Å². The monoisotopic (exact) mass is 394 g/mol. The number of amides is 1. The van der Waals surface area contributed by atoms with E-state index in [1.54, 1.807) is 24.3 Å². The Hall–Kier alpha value is -2.41. The van der Waals surface area contributed by atoms with Gasteiger partial charge in [-0.25, -0.2) is 0 Å². The standard InChI is InChI=1S/C17H19BrN2O4/c1-9-11(19)6-5-7-12(9)20-17(21)10-8-13(22-2)15(23-3)16(24-4)14(10)18/h5-8H,19H2,1-4H3,(H,20,21). The Morgan fingerprint density at radius 1 is 1.12 bits per heavy atom. The molecule has 0 heterocycles. The smallest absolute Gasteiger partial charge is 0.257 e. The number of ether oxygens (including phenoxy) is 3. The molecule has 0 unspecified atom stereocenters. The summed E-state index contributed by atoms with van der Waals surface area (Å²) >= 11 is 3.40. The van der Waals surface area contributed by atoms with Gasteiger partial charge in [0.2, 0.25) is 5.75 Å². The highest BCUT2D eigenvalue weighted by Gasteiger charge is 2.23. The lowest BCUT2D eigenvalue weighted by Gasteiger charge is -2.17. The third-order valence-corrected chi connectivity index (χ3v) is 4.43. The van der Waals surface area contributed by atoms with Gasteiger partial charge in [0.05, 0.1) is 31.4 Å². The van der Waals surface area contributed by atoms with E-state index in [4.69, 9.17) is 19.9 Å². The second-order valence-electron chi connectivity index (χ2n) is 4.98. The number of halogens is 1. The molecule has 0 aliphatic heterocycles. The summed E-state index contributed by atoms with van der Waals surface area (Å²) in [5.74, 6) is 0.858. The number of rotatable bonds is 5. The van der Waals surface area contributed by atoms with E-state index >= 15 is 0 Å². The summed E-state index contributed by atoms with van der Waals surface area (Å²) in [6, 6.07) is 6.93. The summed E-state index contributed by atoms with van der Waals surface area (Å²) in [5, 5.41) is 2.85. The number of benzene rings is 2. The van der Waals surface area contributed by atoms with Crippen LogP contribution in [-0.2, 0) is 0 Å². The normalized spacial score (nSPS) is 10.2. The van der Waals surface area contributed by atoms with Crippen LogP contribution in [0.2, 0.25) is 0 Å². The average Bonchev–Trinajstić information content (AvgIpc) is 2.58. The van der Waals surface area contributed by atoms with Crippen molar-refractivity contribution in [2.45, 2.75) is 6.92 Å². The summed E-state index contributed by atoms with van der Waals surface area (Å²) in [6.45, 7) is 1.84. The zero-order valence-corrected chi connectivity index (χ0v) is 15.5. The predicted molar refractivity (Wildman–Crippen MR) is 97.3 cm³/mol. The topological polar surface area (TPSA) is 82.8 Å².